The summed E-state index contributed by atoms with van der Waals surface area (Å²) in [6.07, 6.45) is 0. The molecule has 4 heteroatoms. The predicted octanol–water partition coefficient (Wildman–Crippen LogP) is 5.86. The predicted molar refractivity (Wildman–Crippen MR) is 121 cm³/mol. The van der Waals surface area contributed by atoms with Gasteiger partial charge < -0.3 is 10.6 Å². The first kappa shape index (κ1) is 19.2. The van der Waals surface area contributed by atoms with Gasteiger partial charge in [-0.3, -0.25) is 9.59 Å². The van der Waals surface area contributed by atoms with Crippen LogP contribution in [0.4, 0.5) is 11.4 Å². The molecule has 4 nitrogen and oxygen atoms in total. The summed E-state index contributed by atoms with van der Waals surface area (Å²) in [5.41, 5.74) is 4.61. The minimum atomic E-state index is -0.199. The zero-order valence-corrected chi connectivity index (χ0v) is 16.2. The number of anilines is 2. The minimum absolute atomic E-state index is 0.198. The van der Waals surface area contributed by atoms with Gasteiger partial charge in [0.15, 0.2) is 0 Å². The molecular weight excluding hydrogens is 372 g/mol. The molecule has 2 amide bonds. The molecule has 0 aromatic heterocycles. The number of carbonyl (C=O) groups excluding carboxylic acids is 2. The molecule has 0 aliphatic heterocycles. The zero-order chi connectivity index (χ0) is 20.8. The van der Waals surface area contributed by atoms with Gasteiger partial charge in [0.25, 0.3) is 11.8 Å². The molecule has 0 bridgehead atoms. The van der Waals surface area contributed by atoms with Gasteiger partial charge in [-0.25, -0.2) is 0 Å². The molecule has 146 valence electrons. The van der Waals surface area contributed by atoms with Crippen LogP contribution >= 0.6 is 0 Å². The normalized spacial score (nSPS) is 10.3. The van der Waals surface area contributed by atoms with Crippen molar-refractivity contribution in [2.75, 3.05) is 10.6 Å². The van der Waals surface area contributed by atoms with Gasteiger partial charge in [0.05, 0.1) is 0 Å². The molecule has 0 saturated carbocycles. The van der Waals surface area contributed by atoms with Crippen LogP contribution in [0.2, 0.25) is 0 Å². The summed E-state index contributed by atoms with van der Waals surface area (Å²) in [5, 5.41) is 5.70. The highest BCUT2D eigenvalue weighted by molar-refractivity contribution is 6.06. The van der Waals surface area contributed by atoms with E-state index in [1.807, 2.05) is 72.8 Å². The van der Waals surface area contributed by atoms with E-state index < -0.39 is 0 Å². The first-order valence-electron chi connectivity index (χ1n) is 9.62. The van der Waals surface area contributed by atoms with Crippen LogP contribution in [0.3, 0.4) is 0 Å². The Morgan fingerprint density at radius 1 is 0.433 bits per heavy atom. The summed E-state index contributed by atoms with van der Waals surface area (Å²) >= 11 is 0. The summed E-state index contributed by atoms with van der Waals surface area (Å²) in [5.74, 6) is -0.397. The van der Waals surface area contributed by atoms with Crippen LogP contribution < -0.4 is 10.6 Å². The third-order valence-corrected chi connectivity index (χ3v) is 4.69. The molecule has 2 N–H and O–H groups in total. The Balaban J connectivity index is 1.39. The smallest absolute Gasteiger partial charge is 0.255 e. The summed E-state index contributed by atoms with van der Waals surface area (Å²) in [6.45, 7) is 0. The van der Waals surface area contributed by atoms with Crippen molar-refractivity contribution in [3.05, 3.63) is 120 Å². The monoisotopic (exact) mass is 392 g/mol. The van der Waals surface area contributed by atoms with Crippen molar-refractivity contribution in [3.63, 3.8) is 0 Å². The minimum Gasteiger partial charge on any atom is -0.322 e. The highest BCUT2D eigenvalue weighted by atomic mass is 16.2. The van der Waals surface area contributed by atoms with Crippen LogP contribution in [0.5, 0.6) is 0 Å². The Kier molecular flexibility index (Phi) is 5.67. The summed E-state index contributed by atoms with van der Waals surface area (Å²) in [4.78, 5) is 24.9. The summed E-state index contributed by atoms with van der Waals surface area (Å²) in [6, 6.07) is 33.6. The first-order chi connectivity index (χ1) is 14.7. The number of hydrogen-bond donors (Lipinski definition) is 2. The molecule has 0 heterocycles. The van der Waals surface area contributed by atoms with E-state index in [1.54, 1.807) is 36.4 Å². The third-order valence-electron chi connectivity index (χ3n) is 4.69. The molecule has 0 fully saturated rings. The number of benzene rings is 4. The molecule has 0 aliphatic rings. The number of para-hydroxylation sites is 1. The highest BCUT2D eigenvalue weighted by Crippen LogP contribution is 2.20. The van der Waals surface area contributed by atoms with E-state index in [9.17, 15) is 9.59 Å². The van der Waals surface area contributed by atoms with Crippen molar-refractivity contribution in [2.45, 2.75) is 0 Å². The lowest BCUT2D eigenvalue weighted by Gasteiger charge is -2.08. The molecule has 0 radical (unpaired) electrons. The Hall–Kier alpha value is -4.18. The van der Waals surface area contributed by atoms with Crippen molar-refractivity contribution < 1.29 is 9.59 Å². The van der Waals surface area contributed by atoms with Crippen LogP contribution in [0, 0.1) is 0 Å². The maximum absolute atomic E-state index is 12.5. The Morgan fingerprint density at radius 3 is 1.37 bits per heavy atom. The van der Waals surface area contributed by atoms with Gasteiger partial charge in [-0.05, 0) is 59.7 Å². The van der Waals surface area contributed by atoms with Crippen LogP contribution in [0.15, 0.2) is 109 Å². The molecular formula is C26H20N2O2. The molecule has 0 spiro atoms. The van der Waals surface area contributed by atoms with Gasteiger partial charge in [0, 0.05) is 22.5 Å². The number of rotatable bonds is 5. The van der Waals surface area contributed by atoms with Crippen LogP contribution in [0.25, 0.3) is 11.1 Å². The van der Waals surface area contributed by atoms with Gasteiger partial charge in [0.2, 0.25) is 0 Å². The van der Waals surface area contributed by atoms with Crippen molar-refractivity contribution in [3.8, 4) is 11.1 Å². The molecule has 4 rings (SSSR count). The fourth-order valence-corrected chi connectivity index (χ4v) is 3.08. The van der Waals surface area contributed by atoms with E-state index in [0.29, 0.717) is 16.8 Å². The standard InChI is InChI=1S/C26H20N2O2/c29-25(21-13-11-20(12-14-21)19-7-3-1-4-8-19)28-24-17-15-22(16-18-24)26(30)27-23-9-5-2-6-10-23/h1-18H,(H,27,30)(H,28,29). The van der Waals surface area contributed by atoms with Gasteiger partial charge in [0.1, 0.15) is 0 Å². The van der Waals surface area contributed by atoms with Gasteiger partial charge in [-0.2, -0.15) is 0 Å². The Morgan fingerprint density at radius 2 is 0.833 bits per heavy atom. The molecule has 0 unspecified atom stereocenters. The first-order valence-corrected chi connectivity index (χ1v) is 9.62. The van der Waals surface area contributed by atoms with E-state index in [2.05, 4.69) is 10.6 Å². The van der Waals surface area contributed by atoms with E-state index in [4.69, 9.17) is 0 Å². The summed E-state index contributed by atoms with van der Waals surface area (Å²) in [7, 11) is 0. The van der Waals surface area contributed by atoms with Gasteiger partial charge in [-0.15, -0.1) is 0 Å². The highest BCUT2D eigenvalue weighted by Gasteiger charge is 2.09. The maximum Gasteiger partial charge on any atom is 0.255 e. The number of nitrogens with one attached hydrogen (secondary N) is 2. The molecule has 0 aliphatic carbocycles. The topological polar surface area (TPSA) is 58.2 Å². The molecule has 0 atom stereocenters. The van der Waals surface area contributed by atoms with Crippen molar-refractivity contribution >= 4 is 23.2 Å². The third kappa shape index (κ3) is 4.62. The van der Waals surface area contributed by atoms with E-state index in [0.717, 1.165) is 16.8 Å². The fourth-order valence-electron chi connectivity index (χ4n) is 3.08. The van der Waals surface area contributed by atoms with Gasteiger partial charge in [-0.1, -0.05) is 60.7 Å². The average Bonchev–Trinajstić information content (AvgIpc) is 2.81. The SMILES string of the molecule is O=C(Nc1ccccc1)c1ccc(NC(=O)c2ccc(-c3ccccc3)cc2)cc1. The fraction of sp³-hybridized carbons (Fsp3) is 0. The molecule has 0 saturated heterocycles. The van der Waals surface area contributed by atoms with Crippen LogP contribution in [-0.4, -0.2) is 11.8 Å². The largest absolute Gasteiger partial charge is 0.322 e. The van der Waals surface area contributed by atoms with Crippen LogP contribution in [-0.2, 0) is 0 Å². The number of amides is 2. The van der Waals surface area contributed by atoms with Crippen molar-refractivity contribution in [1.29, 1.82) is 0 Å². The number of carbonyl (C=O) groups is 2. The lowest BCUT2D eigenvalue weighted by Crippen LogP contribution is -2.13. The maximum atomic E-state index is 12.5. The second kappa shape index (κ2) is 8.88. The molecule has 4 aromatic rings. The van der Waals surface area contributed by atoms with E-state index in [-0.39, 0.29) is 11.8 Å². The lowest BCUT2D eigenvalue weighted by molar-refractivity contribution is 0.102. The van der Waals surface area contributed by atoms with E-state index >= 15 is 0 Å². The lowest BCUT2D eigenvalue weighted by atomic mass is 10.0. The Bertz CT molecular complexity index is 1140. The van der Waals surface area contributed by atoms with Gasteiger partial charge >= 0.3 is 0 Å². The molecule has 30 heavy (non-hydrogen) atoms. The molecule has 4 aromatic carbocycles. The van der Waals surface area contributed by atoms with Crippen molar-refractivity contribution in [1.82, 2.24) is 0 Å². The second-order valence-corrected chi connectivity index (χ2v) is 6.79. The quantitative estimate of drug-likeness (QED) is 0.447. The summed E-state index contributed by atoms with van der Waals surface area (Å²) < 4.78 is 0. The number of hydrogen-bond acceptors (Lipinski definition) is 2. The second-order valence-electron chi connectivity index (χ2n) is 6.79. The Labute approximate surface area is 175 Å². The van der Waals surface area contributed by atoms with E-state index in [1.165, 1.54) is 0 Å². The van der Waals surface area contributed by atoms with Crippen LogP contribution in [0.1, 0.15) is 20.7 Å². The zero-order valence-electron chi connectivity index (χ0n) is 16.2. The van der Waals surface area contributed by atoms with Crippen molar-refractivity contribution in [2.24, 2.45) is 0 Å². The average molecular weight is 392 g/mol.